The number of benzene rings is 3. The molecule has 4 rings (SSSR count). The second kappa shape index (κ2) is 9.59. The monoisotopic (exact) mass is 448 g/mol. The maximum absolute atomic E-state index is 12.7. The van der Waals surface area contributed by atoms with Gasteiger partial charge in [-0.15, -0.1) is 0 Å². The highest BCUT2D eigenvalue weighted by Gasteiger charge is 2.18. The lowest BCUT2D eigenvalue weighted by Gasteiger charge is -2.14. The molecule has 0 aliphatic rings. The minimum absolute atomic E-state index is 0.196. The molecule has 0 fully saturated rings. The van der Waals surface area contributed by atoms with Crippen LogP contribution < -0.4 is 9.46 Å². The van der Waals surface area contributed by atoms with Crippen molar-refractivity contribution in [3.63, 3.8) is 0 Å². The Labute approximate surface area is 189 Å². The van der Waals surface area contributed by atoms with Gasteiger partial charge in [0.1, 0.15) is 5.75 Å². The van der Waals surface area contributed by atoms with Gasteiger partial charge in [0.2, 0.25) is 10.0 Å². The molecule has 0 spiro atoms. The van der Waals surface area contributed by atoms with Gasteiger partial charge in [-0.1, -0.05) is 48.5 Å². The Bertz CT molecular complexity index is 1280. The van der Waals surface area contributed by atoms with Crippen molar-refractivity contribution in [3.8, 4) is 5.75 Å². The van der Waals surface area contributed by atoms with E-state index in [4.69, 9.17) is 4.74 Å². The fraction of sp³-hybridized carbons (Fsp3) is 0.231. The zero-order valence-corrected chi connectivity index (χ0v) is 19.2. The van der Waals surface area contributed by atoms with Crippen molar-refractivity contribution in [3.05, 3.63) is 96.2 Å². The van der Waals surface area contributed by atoms with E-state index in [1.54, 1.807) is 31.4 Å². The first kappa shape index (κ1) is 22.1. The minimum atomic E-state index is -3.58. The summed E-state index contributed by atoms with van der Waals surface area (Å²) in [6.45, 7) is 2.71. The molecule has 0 aliphatic heterocycles. The molecule has 0 unspecified atom stereocenters. The fourth-order valence-electron chi connectivity index (χ4n) is 3.95. The number of hydrogen-bond donors (Lipinski definition) is 1. The average Bonchev–Trinajstić information content (AvgIpc) is 3.15. The van der Waals surface area contributed by atoms with Crippen LogP contribution in [-0.4, -0.2) is 26.1 Å². The number of hydrogen-bond acceptors (Lipinski definition) is 3. The van der Waals surface area contributed by atoms with Crippen LogP contribution in [0.3, 0.4) is 0 Å². The fourth-order valence-corrected chi connectivity index (χ4v) is 5.23. The Morgan fingerprint density at radius 1 is 0.938 bits per heavy atom. The third-order valence-electron chi connectivity index (χ3n) is 5.64. The van der Waals surface area contributed by atoms with Crippen molar-refractivity contribution < 1.29 is 13.2 Å². The van der Waals surface area contributed by atoms with E-state index in [0.717, 1.165) is 13.0 Å². The van der Waals surface area contributed by atoms with Gasteiger partial charge >= 0.3 is 0 Å². The van der Waals surface area contributed by atoms with Gasteiger partial charge in [-0.05, 0) is 61.2 Å². The van der Waals surface area contributed by atoms with E-state index in [0.29, 0.717) is 12.2 Å². The molecule has 0 saturated heterocycles. The van der Waals surface area contributed by atoms with Crippen molar-refractivity contribution >= 4 is 20.9 Å². The summed E-state index contributed by atoms with van der Waals surface area (Å²) in [6, 6.07) is 25.0. The van der Waals surface area contributed by atoms with Crippen LogP contribution in [0.25, 0.3) is 10.9 Å². The van der Waals surface area contributed by atoms with E-state index >= 15 is 0 Å². The molecule has 1 atom stereocenters. The van der Waals surface area contributed by atoms with Crippen LogP contribution in [0.4, 0.5) is 0 Å². The molecular weight excluding hydrogens is 420 g/mol. The van der Waals surface area contributed by atoms with E-state index < -0.39 is 10.0 Å². The predicted molar refractivity (Wildman–Crippen MR) is 129 cm³/mol. The van der Waals surface area contributed by atoms with Gasteiger partial charge in [0.05, 0.1) is 12.0 Å². The van der Waals surface area contributed by atoms with Crippen molar-refractivity contribution in [1.82, 2.24) is 9.29 Å². The van der Waals surface area contributed by atoms with Gasteiger partial charge in [0.15, 0.2) is 0 Å². The Morgan fingerprint density at radius 2 is 1.62 bits per heavy atom. The van der Waals surface area contributed by atoms with Gasteiger partial charge < -0.3 is 9.30 Å². The molecule has 0 aliphatic carbocycles. The lowest BCUT2D eigenvalue weighted by atomic mass is 10.1. The molecule has 1 N–H and O–H groups in total. The van der Waals surface area contributed by atoms with Crippen molar-refractivity contribution in [1.29, 1.82) is 0 Å². The maximum atomic E-state index is 12.7. The maximum Gasteiger partial charge on any atom is 0.240 e. The highest BCUT2D eigenvalue weighted by molar-refractivity contribution is 7.89. The first-order valence-electron chi connectivity index (χ1n) is 10.7. The summed E-state index contributed by atoms with van der Waals surface area (Å²) in [4.78, 5) is 0.240. The van der Waals surface area contributed by atoms with E-state index in [-0.39, 0.29) is 10.9 Å². The van der Waals surface area contributed by atoms with Crippen LogP contribution in [0.5, 0.6) is 5.75 Å². The SMILES string of the molecule is COc1ccc(S(=O)(=O)N[C@H](C)CCc2cn(Cc3ccccc3)c3ccccc23)cc1. The standard InChI is InChI=1S/C26H28N2O3S/c1-20(27-32(29,30)24-16-14-23(31-2)15-17-24)12-13-22-19-28(18-21-8-4-3-5-9-21)26-11-7-6-10-25(22)26/h3-11,14-17,19-20,27H,12-13,18H2,1-2H3/t20-/m1/s1. The van der Waals surface area contributed by atoms with Crippen LogP contribution in [0.15, 0.2) is 90.0 Å². The highest BCUT2D eigenvalue weighted by Crippen LogP contribution is 2.24. The number of aromatic nitrogens is 1. The summed E-state index contributed by atoms with van der Waals surface area (Å²) in [5.41, 5.74) is 3.67. The Balaban J connectivity index is 1.46. The summed E-state index contributed by atoms with van der Waals surface area (Å²) in [5, 5.41) is 1.22. The number of nitrogens with one attached hydrogen (secondary N) is 1. The number of fused-ring (bicyclic) bond motifs is 1. The van der Waals surface area contributed by atoms with E-state index in [1.807, 2.05) is 13.0 Å². The highest BCUT2D eigenvalue weighted by atomic mass is 32.2. The van der Waals surface area contributed by atoms with Crippen molar-refractivity contribution in [2.24, 2.45) is 0 Å². The molecule has 0 amide bonds. The predicted octanol–water partition coefficient (Wildman–Crippen LogP) is 5.00. The molecule has 5 nitrogen and oxygen atoms in total. The van der Waals surface area contributed by atoms with Crippen molar-refractivity contribution in [2.45, 2.75) is 37.2 Å². The molecule has 4 aromatic rings. The lowest BCUT2D eigenvalue weighted by molar-refractivity contribution is 0.414. The molecule has 0 radical (unpaired) electrons. The van der Waals surface area contributed by atoms with Crippen LogP contribution in [0.1, 0.15) is 24.5 Å². The summed E-state index contributed by atoms with van der Waals surface area (Å²) in [5.74, 6) is 0.629. The van der Waals surface area contributed by atoms with Crippen molar-refractivity contribution in [2.75, 3.05) is 7.11 Å². The number of aryl methyl sites for hydroxylation is 1. The molecule has 1 aromatic heterocycles. The zero-order chi connectivity index (χ0) is 22.6. The number of para-hydroxylation sites is 1. The number of sulfonamides is 1. The second-order valence-electron chi connectivity index (χ2n) is 8.02. The molecule has 166 valence electrons. The third kappa shape index (κ3) is 5.03. The molecular formula is C26H28N2O3S. The van der Waals surface area contributed by atoms with Gasteiger partial charge in [0.25, 0.3) is 0 Å². The normalized spacial score (nSPS) is 12.7. The van der Waals surface area contributed by atoms with E-state index in [9.17, 15) is 8.42 Å². The summed E-state index contributed by atoms with van der Waals surface area (Å²) >= 11 is 0. The quantitative estimate of drug-likeness (QED) is 0.392. The Kier molecular flexibility index (Phi) is 6.63. The Hall–Kier alpha value is -3.09. The Morgan fingerprint density at radius 3 is 2.34 bits per heavy atom. The zero-order valence-electron chi connectivity index (χ0n) is 18.4. The van der Waals surface area contributed by atoms with Gasteiger partial charge in [-0.2, -0.15) is 0 Å². The molecule has 6 heteroatoms. The number of methoxy groups -OCH3 is 1. The van der Waals surface area contributed by atoms with E-state index in [2.05, 4.69) is 64.0 Å². The minimum Gasteiger partial charge on any atom is -0.497 e. The average molecular weight is 449 g/mol. The largest absolute Gasteiger partial charge is 0.497 e. The van der Waals surface area contributed by atoms with Gasteiger partial charge in [-0.25, -0.2) is 13.1 Å². The lowest BCUT2D eigenvalue weighted by Crippen LogP contribution is -2.32. The molecule has 0 saturated carbocycles. The first-order valence-corrected chi connectivity index (χ1v) is 12.2. The summed E-state index contributed by atoms with van der Waals surface area (Å²) in [6.07, 6.45) is 3.69. The number of ether oxygens (including phenoxy) is 1. The first-order chi connectivity index (χ1) is 15.5. The second-order valence-corrected chi connectivity index (χ2v) is 9.74. The van der Waals surface area contributed by atoms with Crippen LogP contribution >= 0.6 is 0 Å². The number of nitrogens with zero attached hydrogens (tertiary/aromatic N) is 1. The molecule has 0 bridgehead atoms. The molecule has 3 aromatic carbocycles. The van der Waals surface area contributed by atoms with Crippen LogP contribution in [0, 0.1) is 0 Å². The summed E-state index contributed by atoms with van der Waals surface area (Å²) < 4.78 is 35.6. The number of rotatable bonds is 9. The molecule has 32 heavy (non-hydrogen) atoms. The molecule has 1 heterocycles. The van der Waals surface area contributed by atoms with Crippen LogP contribution in [-0.2, 0) is 23.0 Å². The third-order valence-corrected chi connectivity index (χ3v) is 7.25. The smallest absolute Gasteiger partial charge is 0.240 e. The van der Waals surface area contributed by atoms with E-state index in [1.165, 1.54) is 22.0 Å². The topological polar surface area (TPSA) is 60.3 Å². The summed E-state index contributed by atoms with van der Waals surface area (Å²) in [7, 11) is -2.02. The van der Waals surface area contributed by atoms with Crippen LogP contribution in [0.2, 0.25) is 0 Å². The van der Waals surface area contributed by atoms with Gasteiger partial charge in [0, 0.05) is 29.7 Å². The van der Waals surface area contributed by atoms with Gasteiger partial charge in [-0.3, -0.25) is 0 Å².